The average molecular weight is 1000 g/mol. The number of aliphatic hydroxyl groups excluding tert-OH is 2. The number of allylic oxidation sites excluding steroid dienone is 5. The van der Waals surface area contributed by atoms with Crippen LogP contribution in [0.1, 0.15) is 186 Å². The second-order valence-electron chi connectivity index (χ2n) is 18.0. The molecule has 6 atom stereocenters. The standard InChI is InChI=1S/C25H37NO2.C18H34N4O3.C15H20O.C2H6.H2O/c1-3-5-6-7-8-9-10-11-12-13-15-22(4-2)23-16-18-24(19-17-23)25(28)26-20-14-21-27;1-6-9-19-12(2)16(15-7-8-15)22(5)14(4)18(25)21-13(3)17(24)20-10-11-23;1-4-12(3)11-14(15(16)5-2)13-9-7-6-8-10-13;1-2;/h4,12-13,16-19,21-22H,2-3,5-11,14-15,20H2,1H3,(H,26,28);12-14,19,23H,6-11H2,1-5H3,(H,20,24)(H,21,25);5-11,14-16H,2,4H2,1,3H3;1-2H3;1H2/b13-12+;;12-11+;;/t;12?,13-,14?;;;/m.0.../s1. The fourth-order valence-corrected chi connectivity index (χ4v) is 7.57. The number of nitrogens with zero attached hydrogens (tertiary/aromatic N) is 1. The van der Waals surface area contributed by atoms with Crippen molar-refractivity contribution in [3.8, 4) is 0 Å². The van der Waals surface area contributed by atoms with Crippen molar-refractivity contribution < 1.29 is 34.9 Å². The molecule has 72 heavy (non-hydrogen) atoms. The number of likely N-dealkylation sites (N-methyl/N-ethyl adjacent to an activating group) is 1. The Morgan fingerprint density at radius 1 is 0.750 bits per heavy atom. The smallest absolute Gasteiger partial charge is 0.251 e. The number of carbonyl (C=O) groups excluding carboxylic acids is 4. The molecule has 8 N–H and O–H groups in total. The number of carbonyl (C=O) groups is 4. The number of benzene rings is 2. The molecule has 1 aliphatic carbocycles. The Balaban J connectivity index is 0. The number of rotatable bonds is 32. The third-order valence-corrected chi connectivity index (χ3v) is 12.3. The molecular weight excluding hydrogens is 903 g/mol. The largest absolute Gasteiger partial charge is 0.412 e. The van der Waals surface area contributed by atoms with Crippen LogP contribution in [0.3, 0.4) is 0 Å². The Hall–Kier alpha value is -5.14. The quantitative estimate of drug-likeness (QED) is 0.0237. The van der Waals surface area contributed by atoms with Gasteiger partial charge in [-0.05, 0) is 108 Å². The molecule has 0 aliphatic heterocycles. The number of amides is 3. The second-order valence-corrected chi connectivity index (χ2v) is 18.0. The topological polar surface area (TPSA) is 192 Å². The van der Waals surface area contributed by atoms with Crippen molar-refractivity contribution in [1.29, 1.82) is 0 Å². The van der Waals surface area contributed by atoms with E-state index in [4.69, 9.17) is 5.11 Å². The van der Waals surface area contributed by atoms with E-state index in [1.165, 1.54) is 67.4 Å². The zero-order chi connectivity index (χ0) is 53.4. The van der Waals surface area contributed by atoms with Crippen LogP contribution in [0.4, 0.5) is 0 Å². The molecule has 406 valence electrons. The summed E-state index contributed by atoms with van der Waals surface area (Å²) in [5.74, 6) is -0.346. The van der Waals surface area contributed by atoms with Crippen molar-refractivity contribution in [2.75, 3.05) is 33.3 Å². The molecule has 1 fully saturated rings. The predicted octanol–water partition coefficient (Wildman–Crippen LogP) is 10.6. The maximum atomic E-state index is 12.5. The highest BCUT2D eigenvalue weighted by Crippen LogP contribution is 2.35. The molecule has 1 aliphatic rings. The summed E-state index contributed by atoms with van der Waals surface area (Å²) in [6.07, 6.45) is 26.6. The summed E-state index contributed by atoms with van der Waals surface area (Å²) < 4.78 is 0. The first-order chi connectivity index (χ1) is 34.2. The van der Waals surface area contributed by atoms with Crippen molar-refractivity contribution in [2.45, 2.75) is 188 Å². The molecule has 0 heterocycles. The molecule has 1 saturated carbocycles. The SMILES string of the molecule is C=CC(C/C=C/CCCCCCCCC)c1ccc(C(=O)NCCC=O)cc1.C=CC(O)C(/C=C(\C)CC)c1ccccc1.CC.CCCNC(C)C(=C1CC1)N(C)C(C)C(=O)N[C@@H](C)C(=O)NCCO.O. The predicted molar refractivity (Wildman–Crippen MR) is 302 cm³/mol. The zero-order valence-electron chi connectivity index (χ0n) is 46.2. The van der Waals surface area contributed by atoms with Gasteiger partial charge >= 0.3 is 0 Å². The van der Waals surface area contributed by atoms with E-state index in [0.717, 1.165) is 56.9 Å². The average Bonchev–Trinajstić information content (AvgIpc) is 4.24. The monoisotopic (exact) mass is 1000 g/mol. The lowest BCUT2D eigenvalue weighted by atomic mass is 9.91. The van der Waals surface area contributed by atoms with E-state index in [2.05, 4.69) is 87.3 Å². The summed E-state index contributed by atoms with van der Waals surface area (Å²) in [7, 11) is 1.94. The first-order valence-electron chi connectivity index (χ1n) is 26.7. The van der Waals surface area contributed by atoms with E-state index in [1.54, 1.807) is 13.0 Å². The lowest BCUT2D eigenvalue weighted by Crippen LogP contribution is -2.52. The molecule has 12 heteroatoms. The van der Waals surface area contributed by atoms with Gasteiger partial charge in [0, 0.05) is 55.7 Å². The summed E-state index contributed by atoms with van der Waals surface area (Å²) >= 11 is 0. The third kappa shape index (κ3) is 29.4. The van der Waals surface area contributed by atoms with Crippen LogP contribution in [0.15, 0.2) is 115 Å². The minimum absolute atomic E-state index is 0. The minimum atomic E-state index is -0.637. The minimum Gasteiger partial charge on any atom is -0.412 e. The van der Waals surface area contributed by atoms with Crippen molar-refractivity contribution >= 4 is 24.0 Å². The van der Waals surface area contributed by atoms with E-state index in [1.807, 2.05) is 93.4 Å². The van der Waals surface area contributed by atoms with Gasteiger partial charge in [-0.2, -0.15) is 0 Å². The molecule has 3 amide bonds. The van der Waals surface area contributed by atoms with Crippen molar-refractivity contribution in [3.63, 3.8) is 0 Å². The van der Waals surface area contributed by atoms with Gasteiger partial charge in [0.15, 0.2) is 0 Å². The lowest BCUT2D eigenvalue weighted by molar-refractivity contribution is -0.130. The molecule has 2 aromatic rings. The molecule has 3 rings (SSSR count). The summed E-state index contributed by atoms with van der Waals surface area (Å²) in [6.45, 7) is 27.2. The fourth-order valence-electron chi connectivity index (χ4n) is 7.57. The number of hydrogen-bond donors (Lipinski definition) is 6. The highest BCUT2D eigenvalue weighted by atomic mass is 16.3. The lowest BCUT2D eigenvalue weighted by Gasteiger charge is -2.33. The Kier molecular flexibility index (Phi) is 41.6. The number of hydrogen-bond acceptors (Lipinski definition) is 8. The molecule has 0 bridgehead atoms. The van der Waals surface area contributed by atoms with Gasteiger partial charge in [-0.3, -0.25) is 14.4 Å². The Morgan fingerprint density at radius 2 is 1.38 bits per heavy atom. The van der Waals surface area contributed by atoms with Gasteiger partial charge in [0.05, 0.1) is 12.7 Å². The fraction of sp³-hybridized carbons (Fsp3) is 0.567. The van der Waals surface area contributed by atoms with Crippen molar-refractivity contribution in [3.05, 3.63) is 132 Å². The summed E-state index contributed by atoms with van der Waals surface area (Å²) in [5.41, 5.74) is 6.78. The van der Waals surface area contributed by atoms with Crippen LogP contribution in [-0.2, 0) is 14.4 Å². The van der Waals surface area contributed by atoms with Crippen LogP contribution in [-0.4, -0.2) is 102 Å². The maximum Gasteiger partial charge on any atom is 0.251 e. The van der Waals surface area contributed by atoms with E-state index in [-0.39, 0.29) is 60.3 Å². The van der Waals surface area contributed by atoms with E-state index in [9.17, 15) is 24.3 Å². The van der Waals surface area contributed by atoms with Crippen LogP contribution >= 0.6 is 0 Å². The molecule has 12 nitrogen and oxygen atoms in total. The Bertz CT molecular complexity index is 1860. The van der Waals surface area contributed by atoms with Crippen LogP contribution in [0.2, 0.25) is 0 Å². The van der Waals surface area contributed by atoms with Gasteiger partial charge in [0.2, 0.25) is 11.8 Å². The van der Waals surface area contributed by atoms with Gasteiger partial charge in [-0.15, -0.1) is 13.2 Å². The molecular formula is C60H99N5O7. The van der Waals surface area contributed by atoms with Crippen LogP contribution in [0, 0.1) is 0 Å². The van der Waals surface area contributed by atoms with Gasteiger partial charge in [-0.25, -0.2) is 0 Å². The van der Waals surface area contributed by atoms with Crippen molar-refractivity contribution in [2.24, 2.45) is 0 Å². The van der Waals surface area contributed by atoms with Crippen LogP contribution < -0.4 is 21.3 Å². The molecule has 5 unspecified atom stereocenters. The number of nitrogens with one attached hydrogen (secondary N) is 4. The first kappa shape index (κ1) is 68.9. The maximum absolute atomic E-state index is 12.5. The van der Waals surface area contributed by atoms with E-state index in [0.29, 0.717) is 18.5 Å². The molecule has 0 aromatic heterocycles. The third-order valence-electron chi connectivity index (χ3n) is 12.3. The normalized spacial score (nSPS) is 14.0. The summed E-state index contributed by atoms with van der Waals surface area (Å²) in [5, 5.41) is 30.2. The van der Waals surface area contributed by atoms with Gasteiger partial charge in [0.25, 0.3) is 5.91 Å². The Labute approximate surface area is 436 Å². The zero-order valence-corrected chi connectivity index (χ0v) is 46.2. The first-order valence-corrected chi connectivity index (χ1v) is 26.7. The summed E-state index contributed by atoms with van der Waals surface area (Å²) in [4.78, 5) is 48.7. The molecule has 2 aromatic carbocycles. The highest BCUT2D eigenvalue weighted by Gasteiger charge is 2.30. The number of unbranched alkanes of at least 4 members (excludes halogenated alkanes) is 7. The van der Waals surface area contributed by atoms with Gasteiger partial charge in [-0.1, -0.05) is 152 Å². The highest BCUT2D eigenvalue weighted by molar-refractivity contribution is 5.94. The van der Waals surface area contributed by atoms with Gasteiger partial charge in [0.1, 0.15) is 18.4 Å². The van der Waals surface area contributed by atoms with Gasteiger partial charge < -0.3 is 46.7 Å². The summed E-state index contributed by atoms with van der Waals surface area (Å²) in [6, 6.07) is 16.9. The number of aliphatic hydroxyl groups is 2. The van der Waals surface area contributed by atoms with Crippen LogP contribution in [0.25, 0.3) is 0 Å². The van der Waals surface area contributed by atoms with E-state index >= 15 is 0 Å². The molecule has 0 spiro atoms. The Morgan fingerprint density at radius 3 is 1.92 bits per heavy atom. The van der Waals surface area contributed by atoms with Crippen molar-refractivity contribution in [1.82, 2.24) is 26.2 Å². The molecule has 0 radical (unpaired) electrons. The second kappa shape index (κ2) is 43.4. The molecule has 0 saturated heterocycles. The van der Waals surface area contributed by atoms with E-state index < -0.39 is 12.1 Å². The number of aldehydes is 1. The van der Waals surface area contributed by atoms with Crippen LogP contribution in [0.5, 0.6) is 0 Å².